The van der Waals surface area contributed by atoms with Crippen LogP contribution >= 0.6 is 12.6 Å². The molecule has 0 saturated heterocycles. The van der Waals surface area contributed by atoms with E-state index < -0.39 is 0 Å². The third-order valence-electron chi connectivity index (χ3n) is 3.18. The number of hydrogen-bond donors (Lipinski definition) is 1. The number of aromatic hydroxyl groups is 1. The van der Waals surface area contributed by atoms with Crippen molar-refractivity contribution in [1.29, 1.82) is 0 Å². The molecule has 0 unspecified atom stereocenters. The van der Waals surface area contributed by atoms with Gasteiger partial charge in [-0.3, -0.25) is 0 Å². The second kappa shape index (κ2) is 5.16. The highest BCUT2D eigenvalue weighted by molar-refractivity contribution is 7.80. The first-order valence-corrected chi connectivity index (χ1v) is 7.10. The maximum absolute atomic E-state index is 10.5. The zero-order valence-corrected chi connectivity index (χ0v) is 13.2. The zero-order valence-electron chi connectivity index (χ0n) is 12.4. The van der Waals surface area contributed by atoms with Gasteiger partial charge in [-0.2, -0.15) is 0 Å². The zero-order chi connectivity index (χ0) is 14.1. The predicted octanol–water partition coefficient (Wildman–Crippen LogP) is 4.73. The Balaban J connectivity index is 3.48. The van der Waals surface area contributed by atoms with E-state index in [4.69, 9.17) is 12.6 Å². The van der Waals surface area contributed by atoms with Crippen molar-refractivity contribution in [2.24, 2.45) is 0 Å². The molecule has 1 aromatic carbocycles. The van der Waals surface area contributed by atoms with Gasteiger partial charge in [-0.15, -0.1) is 0 Å². The Labute approximate surface area is 117 Å². The number of phenols is 1. The van der Waals surface area contributed by atoms with Gasteiger partial charge in [-0.05, 0) is 33.9 Å². The molecule has 0 aliphatic carbocycles. The van der Waals surface area contributed by atoms with E-state index >= 15 is 0 Å². The van der Waals surface area contributed by atoms with Gasteiger partial charge in [0.1, 0.15) is 5.75 Å². The number of rotatable bonds is 2. The van der Waals surface area contributed by atoms with E-state index in [0.717, 1.165) is 23.3 Å². The van der Waals surface area contributed by atoms with Crippen molar-refractivity contribution < 1.29 is 5.11 Å². The molecule has 1 rings (SSSR count). The van der Waals surface area contributed by atoms with E-state index in [0.29, 0.717) is 5.75 Å². The molecule has 18 heavy (non-hydrogen) atoms. The third kappa shape index (κ3) is 3.44. The van der Waals surface area contributed by atoms with Gasteiger partial charge < -0.3 is 5.11 Å². The molecule has 0 aliphatic rings. The number of phenolic OH excluding ortho intramolecular Hbond substituents is 1. The fraction of sp³-hybridized carbons (Fsp3) is 0.625. The van der Waals surface area contributed by atoms with Crippen LogP contribution in [0.1, 0.15) is 58.2 Å². The van der Waals surface area contributed by atoms with E-state index in [2.05, 4.69) is 53.7 Å². The van der Waals surface area contributed by atoms with Gasteiger partial charge in [0.2, 0.25) is 0 Å². The summed E-state index contributed by atoms with van der Waals surface area (Å²) in [6.07, 6.45) is 0.891. The van der Waals surface area contributed by atoms with Crippen LogP contribution in [0.2, 0.25) is 0 Å². The van der Waals surface area contributed by atoms with Crippen LogP contribution in [0.5, 0.6) is 5.75 Å². The van der Waals surface area contributed by atoms with Gasteiger partial charge in [-0.1, -0.05) is 66.3 Å². The topological polar surface area (TPSA) is 20.2 Å². The standard InChI is InChI=1S/C16H25OS/c1-15(2,3)12-9-11(7-8-18)10-13(14(12)17)16(4,5)6/h9-10,17H,7-8H2,1-6H3. The van der Waals surface area contributed by atoms with E-state index in [1.807, 2.05) is 0 Å². The molecule has 0 aliphatic heterocycles. The minimum atomic E-state index is -0.0540. The second-order valence-electron chi connectivity index (χ2n) is 6.99. The van der Waals surface area contributed by atoms with Gasteiger partial charge in [-0.25, -0.2) is 0 Å². The molecule has 0 bridgehead atoms. The highest BCUT2D eigenvalue weighted by atomic mass is 32.1. The van der Waals surface area contributed by atoms with Crippen LogP contribution < -0.4 is 0 Å². The lowest BCUT2D eigenvalue weighted by Crippen LogP contribution is -2.18. The van der Waals surface area contributed by atoms with Gasteiger partial charge in [0, 0.05) is 5.75 Å². The first-order valence-electron chi connectivity index (χ1n) is 6.52. The average molecular weight is 265 g/mol. The van der Waals surface area contributed by atoms with E-state index in [1.165, 1.54) is 5.56 Å². The first-order chi connectivity index (χ1) is 8.07. The largest absolute Gasteiger partial charge is 0.507 e. The monoisotopic (exact) mass is 265 g/mol. The number of benzene rings is 1. The Morgan fingerprint density at radius 3 is 1.61 bits per heavy atom. The van der Waals surface area contributed by atoms with Gasteiger partial charge >= 0.3 is 0 Å². The van der Waals surface area contributed by atoms with E-state index in [9.17, 15) is 5.11 Å². The van der Waals surface area contributed by atoms with Crippen molar-refractivity contribution in [1.82, 2.24) is 0 Å². The molecule has 0 saturated carbocycles. The summed E-state index contributed by atoms with van der Waals surface area (Å²) >= 11 is 5.08. The van der Waals surface area contributed by atoms with Gasteiger partial charge in [0.15, 0.2) is 0 Å². The summed E-state index contributed by atoms with van der Waals surface area (Å²) in [5.74, 6) is 1.17. The average Bonchev–Trinajstić information content (AvgIpc) is 2.17. The van der Waals surface area contributed by atoms with Gasteiger partial charge in [0.25, 0.3) is 0 Å². The SMILES string of the molecule is CC(C)(C)c1cc(CC[S])cc(C(C)(C)C)c1O. The predicted molar refractivity (Wildman–Crippen MR) is 81.7 cm³/mol. The molecular formula is C16H25OS. The summed E-state index contributed by atoms with van der Waals surface area (Å²) < 4.78 is 0. The molecule has 1 radical (unpaired) electrons. The van der Waals surface area contributed by atoms with Crippen LogP contribution in [0.25, 0.3) is 0 Å². The molecule has 101 valence electrons. The summed E-state index contributed by atoms with van der Waals surface area (Å²) in [7, 11) is 0. The molecular weight excluding hydrogens is 240 g/mol. The molecule has 0 fully saturated rings. The molecule has 0 heterocycles. The quantitative estimate of drug-likeness (QED) is 0.820. The van der Waals surface area contributed by atoms with Crippen molar-refractivity contribution in [2.75, 3.05) is 5.75 Å². The summed E-state index contributed by atoms with van der Waals surface area (Å²) in [4.78, 5) is 0. The normalized spacial score (nSPS) is 12.8. The molecule has 1 nitrogen and oxygen atoms in total. The summed E-state index contributed by atoms with van der Waals surface area (Å²) in [5.41, 5.74) is 3.17. The Kier molecular flexibility index (Phi) is 4.42. The Morgan fingerprint density at radius 2 is 1.33 bits per heavy atom. The van der Waals surface area contributed by atoms with E-state index in [1.54, 1.807) is 0 Å². The molecule has 0 spiro atoms. The van der Waals surface area contributed by atoms with Crippen molar-refractivity contribution in [3.05, 3.63) is 28.8 Å². The van der Waals surface area contributed by atoms with Crippen LogP contribution in [-0.4, -0.2) is 10.9 Å². The molecule has 2 heteroatoms. The fourth-order valence-corrected chi connectivity index (χ4v) is 2.34. The maximum Gasteiger partial charge on any atom is 0.123 e. The smallest absolute Gasteiger partial charge is 0.123 e. The Morgan fingerprint density at radius 1 is 0.944 bits per heavy atom. The number of hydrogen-bond acceptors (Lipinski definition) is 1. The van der Waals surface area contributed by atoms with Crippen LogP contribution in [0.15, 0.2) is 12.1 Å². The van der Waals surface area contributed by atoms with Crippen molar-refractivity contribution in [3.63, 3.8) is 0 Å². The van der Waals surface area contributed by atoms with Gasteiger partial charge in [0.05, 0.1) is 0 Å². The lowest BCUT2D eigenvalue weighted by atomic mass is 9.78. The summed E-state index contributed by atoms with van der Waals surface area (Å²) in [6.45, 7) is 12.8. The van der Waals surface area contributed by atoms with Crippen molar-refractivity contribution in [3.8, 4) is 5.75 Å². The lowest BCUT2D eigenvalue weighted by molar-refractivity contribution is 0.423. The van der Waals surface area contributed by atoms with Crippen molar-refractivity contribution >= 4 is 12.6 Å². The molecule has 1 N–H and O–H groups in total. The highest BCUT2D eigenvalue weighted by Crippen LogP contribution is 2.39. The van der Waals surface area contributed by atoms with Crippen LogP contribution in [0.4, 0.5) is 0 Å². The fourth-order valence-electron chi connectivity index (χ4n) is 2.10. The lowest BCUT2D eigenvalue weighted by Gasteiger charge is -2.28. The first kappa shape index (κ1) is 15.4. The second-order valence-corrected chi connectivity index (χ2v) is 7.40. The van der Waals surface area contributed by atoms with E-state index in [-0.39, 0.29) is 10.8 Å². The molecule has 0 atom stereocenters. The molecule has 0 aromatic heterocycles. The summed E-state index contributed by atoms with van der Waals surface area (Å²) in [6, 6.07) is 4.22. The van der Waals surface area contributed by atoms with Crippen molar-refractivity contribution in [2.45, 2.75) is 58.8 Å². The molecule has 0 amide bonds. The number of aryl methyl sites for hydroxylation is 1. The minimum absolute atomic E-state index is 0.0540. The Hall–Kier alpha value is -0.630. The minimum Gasteiger partial charge on any atom is -0.507 e. The highest BCUT2D eigenvalue weighted by Gasteiger charge is 2.26. The van der Waals surface area contributed by atoms with Crippen LogP contribution in [0.3, 0.4) is 0 Å². The van der Waals surface area contributed by atoms with Crippen LogP contribution in [-0.2, 0) is 17.3 Å². The maximum atomic E-state index is 10.5. The third-order valence-corrected chi connectivity index (χ3v) is 3.38. The Bertz CT molecular complexity index is 387. The van der Waals surface area contributed by atoms with Crippen LogP contribution in [0, 0.1) is 0 Å². The molecule has 1 aromatic rings. The summed E-state index contributed by atoms with van der Waals surface area (Å²) in [5, 5.41) is 10.5.